The van der Waals surface area contributed by atoms with Crippen molar-refractivity contribution in [3.63, 3.8) is 0 Å². The summed E-state index contributed by atoms with van der Waals surface area (Å²) >= 11 is 0. The summed E-state index contributed by atoms with van der Waals surface area (Å²) in [4.78, 5) is 14.1. The molecule has 1 aliphatic carbocycles. The predicted octanol–water partition coefficient (Wildman–Crippen LogP) is 3.00. The maximum Gasteiger partial charge on any atom is 0.311 e. The van der Waals surface area contributed by atoms with Crippen molar-refractivity contribution in [3.8, 4) is 0 Å². The number of carboxylic acid groups (broad SMARTS) is 1. The molecule has 2 unspecified atom stereocenters. The van der Waals surface area contributed by atoms with Crippen LogP contribution in [0, 0.1) is 16.7 Å². The van der Waals surface area contributed by atoms with E-state index in [1.54, 1.807) is 0 Å². The minimum absolute atomic E-state index is 0.213. The lowest BCUT2D eigenvalue weighted by atomic mass is 9.76. The monoisotopic (exact) mass is 253 g/mol. The molecule has 1 heterocycles. The second-order valence-corrected chi connectivity index (χ2v) is 7.23. The molecule has 18 heavy (non-hydrogen) atoms. The number of likely N-dealkylation sites (tertiary alicyclic amines) is 1. The van der Waals surface area contributed by atoms with Crippen molar-refractivity contribution in [2.24, 2.45) is 16.7 Å². The van der Waals surface area contributed by atoms with E-state index in [4.69, 9.17) is 0 Å². The first-order valence-electron chi connectivity index (χ1n) is 7.27. The Hall–Kier alpha value is -0.570. The van der Waals surface area contributed by atoms with Crippen molar-refractivity contribution in [3.05, 3.63) is 0 Å². The van der Waals surface area contributed by atoms with Crippen molar-refractivity contribution >= 4 is 5.97 Å². The second kappa shape index (κ2) is 4.52. The molecule has 0 bridgehead atoms. The Kier molecular flexibility index (Phi) is 3.48. The van der Waals surface area contributed by atoms with Crippen LogP contribution in [-0.4, -0.2) is 35.1 Å². The van der Waals surface area contributed by atoms with Gasteiger partial charge in [0.05, 0.1) is 5.41 Å². The van der Waals surface area contributed by atoms with Crippen LogP contribution in [0.15, 0.2) is 0 Å². The van der Waals surface area contributed by atoms with Crippen molar-refractivity contribution in [1.29, 1.82) is 0 Å². The fourth-order valence-corrected chi connectivity index (χ4v) is 4.01. The maximum atomic E-state index is 11.7. The van der Waals surface area contributed by atoms with E-state index < -0.39 is 11.4 Å². The van der Waals surface area contributed by atoms with Gasteiger partial charge in [0.25, 0.3) is 0 Å². The Balaban J connectivity index is 2.14. The third-order valence-corrected chi connectivity index (χ3v) is 5.50. The molecule has 0 aromatic carbocycles. The van der Waals surface area contributed by atoms with E-state index in [-0.39, 0.29) is 5.92 Å². The summed E-state index contributed by atoms with van der Waals surface area (Å²) in [5.41, 5.74) is -0.162. The molecule has 0 aromatic rings. The van der Waals surface area contributed by atoms with Crippen LogP contribution in [0.3, 0.4) is 0 Å². The van der Waals surface area contributed by atoms with Gasteiger partial charge in [0, 0.05) is 12.6 Å². The van der Waals surface area contributed by atoms with Crippen molar-refractivity contribution in [2.45, 2.75) is 59.4 Å². The molecular weight excluding hydrogens is 226 g/mol. The molecule has 1 saturated heterocycles. The van der Waals surface area contributed by atoms with Gasteiger partial charge in [-0.05, 0) is 37.1 Å². The molecule has 1 N–H and O–H groups in total. The highest BCUT2D eigenvalue weighted by atomic mass is 16.4. The first-order valence-corrected chi connectivity index (χ1v) is 7.27. The lowest BCUT2D eigenvalue weighted by Crippen LogP contribution is -2.45. The topological polar surface area (TPSA) is 40.5 Å². The highest BCUT2D eigenvalue weighted by Crippen LogP contribution is 2.46. The van der Waals surface area contributed by atoms with Gasteiger partial charge < -0.3 is 5.11 Å². The SMILES string of the molecule is CC(C)C1(C(=O)O)CCN(C2CCCC2(C)C)C1. The third-order valence-electron chi connectivity index (χ3n) is 5.50. The molecule has 1 aliphatic heterocycles. The zero-order valence-corrected chi connectivity index (χ0v) is 12.2. The fraction of sp³-hybridized carbons (Fsp3) is 0.933. The van der Waals surface area contributed by atoms with Crippen molar-refractivity contribution in [2.75, 3.05) is 13.1 Å². The van der Waals surface area contributed by atoms with E-state index >= 15 is 0 Å². The molecule has 3 heteroatoms. The van der Waals surface area contributed by atoms with E-state index in [9.17, 15) is 9.90 Å². The summed E-state index contributed by atoms with van der Waals surface area (Å²) in [6, 6.07) is 0.581. The molecule has 0 aromatic heterocycles. The maximum absolute atomic E-state index is 11.7. The molecule has 2 rings (SSSR count). The molecule has 2 aliphatic rings. The summed E-state index contributed by atoms with van der Waals surface area (Å²) in [5.74, 6) is -0.389. The van der Waals surface area contributed by atoms with Gasteiger partial charge in [-0.2, -0.15) is 0 Å². The largest absolute Gasteiger partial charge is 0.481 e. The van der Waals surface area contributed by atoms with Crippen LogP contribution < -0.4 is 0 Å². The number of nitrogens with zero attached hydrogens (tertiary/aromatic N) is 1. The minimum atomic E-state index is -0.601. The Morgan fingerprint density at radius 2 is 2.00 bits per heavy atom. The number of hydrogen-bond acceptors (Lipinski definition) is 2. The van der Waals surface area contributed by atoms with Gasteiger partial charge in [-0.15, -0.1) is 0 Å². The van der Waals surface area contributed by atoms with Crippen LogP contribution in [0.4, 0.5) is 0 Å². The Morgan fingerprint density at radius 3 is 2.39 bits per heavy atom. The Morgan fingerprint density at radius 1 is 1.33 bits per heavy atom. The van der Waals surface area contributed by atoms with Gasteiger partial charge in [0.2, 0.25) is 0 Å². The molecule has 0 amide bonds. The molecule has 2 fully saturated rings. The smallest absolute Gasteiger partial charge is 0.311 e. The lowest BCUT2D eigenvalue weighted by molar-refractivity contribution is -0.151. The van der Waals surface area contributed by atoms with Crippen LogP contribution >= 0.6 is 0 Å². The summed E-state index contributed by atoms with van der Waals surface area (Å²) < 4.78 is 0. The number of hydrogen-bond donors (Lipinski definition) is 1. The molecule has 2 atom stereocenters. The summed E-state index contributed by atoms with van der Waals surface area (Å²) in [6.45, 7) is 10.5. The molecular formula is C15H27NO2. The van der Waals surface area contributed by atoms with E-state index in [0.717, 1.165) is 19.5 Å². The molecule has 0 radical (unpaired) electrons. The van der Waals surface area contributed by atoms with Gasteiger partial charge in [-0.3, -0.25) is 9.69 Å². The second-order valence-electron chi connectivity index (χ2n) is 7.23. The average Bonchev–Trinajstić information content (AvgIpc) is 2.81. The first-order chi connectivity index (χ1) is 8.29. The van der Waals surface area contributed by atoms with E-state index in [1.807, 2.05) is 0 Å². The number of rotatable bonds is 3. The fourth-order valence-electron chi connectivity index (χ4n) is 4.01. The van der Waals surface area contributed by atoms with Gasteiger partial charge in [-0.25, -0.2) is 0 Å². The molecule has 104 valence electrons. The normalized spacial score (nSPS) is 36.4. The lowest BCUT2D eigenvalue weighted by Gasteiger charge is -2.37. The van der Waals surface area contributed by atoms with Crippen molar-refractivity contribution < 1.29 is 9.90 Å². The van der Waals surface area contributed by atoms with Gasteiger partial charge in [0.15, 0.2) is 0 Å². The number of carboxylic acids is 1. The van der Waals surface area contributed by atoms with Gasteiger partial charge >= 0.3 is 5.97 Å². The van der Waals surface area contributed by atoms with Crippen LogP contribution in [0.1, 0.15) is 53.4 Å². The van der Waals surface area contributed by atoms with Gasteiger partial charge in [0.1, 0.15) is 0 Å². The highest BCUT2D eigenvalue weighted by molar-refractivity contribution is 5.75. The number of carbonyl (C=O) groups is 1. The molecule has 0 spiro atoms. The van der Waals surface area contributed by atoms with Crippen LogP contribution in [-0.2, 0) is 4.79 Å². The molecule has 1 saturated carbocycles. The summed E-state index contributed by atoms with van der Waals surface area (Å²) in [6.07, 6.45) is 4.61. The Labute approximate surface area is 111 Å². The van der Waals surface area contributed by atoms with Gasteiger partial charge in [-0.1, -0.05) is 34.1 Å². The quantitative estimate of drug-likeness (QED) is 0.840. The summed E-state index contributed by atoms with van der Waals surface area (Å²) in [5, 5.41) is 9.60. The number of aliphatic carboxylic acids is 1. The zero-order chi connectivity index (χ0) is 13.6. The minimum Gasteiger partial charge on any atom is -0.481 e. The van der Waals surface area contributed by atoms with E-state index in [2.05, 4.69) is 32.6 Å². The van der Waals surface area contributed by atoms with Crippen LogP contribution in [0.2, 0.25) is 0 Å². The zero-order valence-electron chi connectivity index (χ0n) is 12.2. The standard InChI is InChI=1S/C15H27NO2/c1-11(2)15(13(17)18)8-9-16(10-15)12-6-5-7-14(12,3)4/h11-12H,5-10H2,1-4H3,(H,17,18). The first kappa shape index (κ1) is 13.9. The third kappa shape index (κ3) is 2.07. The predicted molar refractivity (Wildman–Crippen MR) is 72.5 cm³/mol. The Bertz CT molecular complexity index is 337. The summed E-state index contributed by atoms with van der Waals surface area (Å²) in [7, 11) is 0. The highest BCUT2D eigenvalue weighted by Gasteiger charge is 2.51. The molecule has 3 nitrogen and oxygen atoms in total. The van der Waals surface area contributed by atoms with E-state index in [0.29, 0.717) is 11.5 Å². The van der Waals surface area contributed by atoms with Crippen molar-refractivity contribution in [1.82, 2.24) is 4.90 Å². The van der Waals surface area contributed by atoms with Crippen LogP contribution in [0.5, 0.6) is 0 Å². The van der Waals surface area contributed by atoms with E-state index in [1.165, 1.54) is 19.3 Å². The van der Waals surface area contributed by atoms with Crippen LogP contribution in [0.25, 0.3) is 0 Å². The average molecular weight is 253 g/mol.